The Kier molecular flexibility index (Phi) is 2.86. The van der Waals surface area contributed by atoms with Crippen LogP contribution in [0.25, 0.3) is 0 Å². The molecule has 0 saturated carbocycles. The SMILES string of the molecule is C=CCc1cc(C)cc([N+](=O)[O-])c1O. The van der Waals surface area contributed by atoms with Gasteiger partial charge in [0.2, 0.25) is 0 Å². The van der Waals surface area contributed by atoms with Crippen molar-refractivity contribution in [2.45, 2.75) is 13.3 Å². The summed E-state index contributed by atoms with van der Waals surface area (Å²) in [6.07, 6.45) is 2.02. The molecule has 14 heavy (non-hydrogen) atoms. The third-order valence-electron chi connectivity index (χ3n) is 1.87. The number of hydrogen-bond acceptors (Lipinski definition) is 3. The first-order chi connectivity index (χ1) is 6.56. The first kappa shape index (κ1) is 10.2. The van der Waals surface area contributed by atoms with Crippen LogP contribution >= 0.6 is 0 Å². The fourth-order valence-electron chi connectivity index (χ4n) is 1.28. The summed E-state index contributed by atoms with van der Waals surface area (Å²) in [5, 5.41) is 20.1. The zero-order valence-electron chi connectivity index (χ0n) is 7.86. The minimum atomic E-state index is -0.588. The Morgan fingerprint density at radius 2 is 2.29 bits per heavy atom. The molecule has 0 fully saturated rings. The molecule has 0 saturated heterocycles. The van der Waals surface area contributed by atoms with Crippen LogP contribution in [0.15, 0.2) is 24.8 Å². The maximum Gasteiger partial charge on any atom is 0.311 e. The second-order valence-electron chi connectivity index (χ2n) is 3.04. The average Bonchev–Trinajstić information content (AvgIpc) is 2.10. The number of phenolic OH excluding ortho intramolecular Hbond substituents is 1. The Morgan fingerprint density at radius 3 is 2.79 bits per heavy atom. The largest absolute Gasteiger partial charge is 0.502 e. The fourth-order valence-corrected chi connectivity index (χ4v) is 1.28. The molecule has 0 unspecified atom stereocenters. The maximum atomic E-state index is 10.6. The number of allylic oxidation sites excluding steroid dienone is 1. The molecule has 0 aliphatic carbocycles. The molecule has 0 bridgehead atoms. The van der Waals surface area contributed by atoms with E-state index in [-0.39, 0.29) is 11.4 Å². The van der Waals surface area contributed by atoms with Crippen molar-refractivity contribution in [3.63, 3.8) is 0 Å². The Hall–Kier alpha value is -1.84. The predicted octanol–water partition coefficient (Wildman–Crippen LogP) is 2.34. The van der Waals surface area contributed by atoms with E-state index in [0.29, 0.717) is 12.0 Å². The van der Waals surface area contributed by atoms with Crippen molar-refractivity contribution >= 4 is 5.69 Å². The van der Waals surface area contributed by atoms with E-state index in [0.717, 1.165) is 5.56 Å². The quantitative estimate of drug-likeness (QED) is 0.455. The Balaban J connectivity index is 3.31. The van der Waals surface area contributed by atoms with E-state index >= 15 is 0 Å². The summed E-state index contributed by atoms with van der Waals surface area (Å²) in [4.78, 5) is 9.96. The lowest BCUT2D eigenvalue weighted by molar-refractivity contribution is -0.386. The summed E-state index contributed by atoms with van der Waals surface area (Å²) in [5.74, 6) is -0.263. The molecule has 74 valence electrons. The van der Waals surface area contributed by atoms with Crippen LogP contribution in [-0.4, -0.2) is 10.0 Å². The van der Waals surface area contributed by atoms with Gasteiger partial charge in [0.25, 0.3) is 0 Å². The number of rotatable bonds is 3. The van der Waals surface area contributed by atoms with Gasteiger partial charge in [-0.2, -0.15) is 0 Å². The zero-order valence-corrected chi connectivity index (χ0v) is 7.86. The van der Waals surface area contributed by atoms with Crippen molar-refractivity contribution < 1.29 is 10.0 Å². The van der Waals surface area contributed by atoms with Gasteiger partial charge in [0.1, 0.15) is 0 Å². The molecule has 0 radical (unpaired) electrons. The molecular formula is C10H11NO3. The maximum absolute atomic E-state index is 10.6. The van der Waals surface area contributed by atoms with Crippen molar-refractivity contribution in [2.75, 3.05) is 0 Å². The van der Waals surface area contributed by atoms with Crippen LogP contribution in [0, 0.1) is 17.0 Å². The van der Waals surface area contributed by atoms with Gasteiger partial charge in [-0.05, 0) is 18.9 Å². The van der Waals surface area contributed by atoms with Crippen LogP contribution in [0.4, 0.5) is 5.69 Å². The molecule has 1 aromatic carbocycles. The number of nitro benzene ring substituents is 1. The molecule has 0 aliphatic rings. The molecule has 0 amide bonds. The van der Waals surface area contributed by atoms with Gasteiger partial charge in [-0.3, -0.25) is 10.1 Å². The van der Waals surface area contributed by atoms with E-state index in [2.05, 4.69) is 6.58 Å². The standard InChI is InChI=1S/C10H11NO3/c1-3-4-8-5-7(2)6-9(10(8)12)11(13)14/h3,5-6,12H,1,4H2,2H3. The topological polar surface area (TPSA) is 63.4 Å². The Morgan fingerprint density at radius 1 is 1.64 bits per heavy atom. The second-order valence-corrected chi connectivity index (χ2v) is 3.04. The van der Waals surface area contributed by atoms with Gasteiger partial charge in [0.05, 0.1) is 4.92 Å². The van der Waals surface area contributed by atoms with Gasteiger partial charge in [0, 0.05) is 11.6 Å². The van der Waals surface area contributed by atoms with Crippen LogP contribution in [-0.2, 0) is 6.42 Å². The molecule has 0 spiro atoms. The minimum absolute atomic E-state index is 0.248. The number of aromatic hydroxyl groups is 1. The van der Waals surface area contributed by atoms with Gasteiger partial charge in [-0.25, -0.2) is 0 Å². The van der Waals surface area contributed by atoms with Gasteiger partial charge < -0.3 is 5.11 Å². The predicted molar refractivity (Wildman–Crippen MR) is 53.4 cm³/mol. The highest BCUT2D eigenvalue weighted by atomic mass is 16.6. The summed E-state index contributed by atoms with van der Waals surface area (Å²) < 4.78 is 0. The molecular weight excluding hydrogens is 182 g/mol. The third kappa shape index (κ3) is 1.90. The summed E-state index contributed by atoms with van der Waals surface area (Å²) in [6, 6.07) is 3.06. The molecule has 0 aliphatic heterocycles. The number of nitrogens with zero attached hydrogens (tertiary/aromatic N) is 1. The second kappa shape index (κ2) is 3.91. The van der Waals surface area contributed by atoms with Crippen molar-refractivity contribution in [2.24, 2.45) is 0 Å². The van der Waals surface area contributed by atoms with Gasteiger partial charge in [0.15, 0.2) is 5.75 Å². The van der Waals surface area contributed by atoms with Gasteiger partial charge >= 0.3 is 5.69 Å². The molecule has 1 aromatic rings. The van der Waals surface area contributed by atoms with Crippen LogP contribution in [0.3, 0.4) is 0 Å². The van der Waals surface area contributed by atoms with Crippen LogP contribution in [0.5, 0.6) is 5.75 Å². The molecule has 1 rings (SSSR count). The summed E-state index contributed by atoms with van der Waals surface area (Å²) in [5.41, 5.74) is 1.04. The van der Waals surface area contributed by atoms with E-state index in [4.69, 9.17) is 0 Å². The Bertz CT molecular complexity index is 385. The molecule has 1 N–H and O–H groups in total. The monoisotopic (exact) mass is 193 g/mol. The lowest BCUT2D eigenvalue weighted by atomic mass is 10.1. The van der Waals surface area contributed by atoms with Gasteiger partial charge in [-0.15, -0.1) is 6.58 Å². The Labute approximate surface area is 81.6 Å². The van der Waals surface area contributed by atoms with E-state index < -0.39 is 4.92 Å². The highest BCUT2D eigenvalue weighted by molar-refractivity contribution is 5.53. The summed E-state index contributed by atoms with van der Waals surface area (Å²) in [7, 11) is 0. The van der Waals surface area contributed by atoms with Crippen molar-refractivity contribution in [3.05, 3.63) is 46.0 Å². The first-order valence-electron chi connectivity index (χ1n) is 4.14. The average molecular weight is 193 g/mol. The molecule has 0 aromatic heterocycles. The smallest absolute Gasteiger partial charge is 0.311 e. The van der Waals surface area contributed by atoms with Crippen LogP contribution < -0.4 is 0 Å². The zero-order chi connectivity index (χ0) is 10.7. The van der Waals surface area contributed by atoms with E-state index in [9.17, 15) is 15.2 Å². The first-order valence-corrected chi connectivity index (χ1v) is 4.14. The highest BCUT2D eigenvalue weighted by Crippen LogP contribution is 2.31. The highest BCUT2D eigenvalue weighted by Gasteiger charge is 2.16. The summed E-state index contributed by atoms with van der Waals surface area (Å²) >= 11 is 0. The van der Waals surface area contributed by atoms with Crippen molar-refractivity contribution in [1.82, 2.24) is 0 Å². The van der Waals surface area contributed by atoms with E-state index in [1.54, 1.807) is 19.1 Å². The van der Waals surface area contributed by atoms with Crippen molar-refractivity contribution in [1.29, 1.82) is 0 Å². The number of phenols is 1. The molecule has 0 heterocycles. The van der Waals surface area contributed by atoms with E-state index in [1.807, 2.05) is 0 Å². The minimum Gasteiger partial charge on any atom is -0.502 e. The van der Waals surface area contributed by atoms with Gasteiger partial charge in [-0.1, -0.05) is 12.1 Å². The molecule has 4 heteroatoms. The normalized spacial score (nSPS) is 9.79. The number of aryl methyl sites for hydroxylation is 1. The lowest BCUT2D eigenvalue weighted by Crippen LogP contribution is -1.93. The van der Waals surface area contributed by atoms with Crippen molar-refractivity contribution in [3.8, 4) is 5.75 Å². The number of nitro groups is 1. The van der Waals surface area contributed by atoms with Crippen LogP contribution in [0.2, 0.25) is 0 Å². The fraction of sp³-hybridized carbons (Fsp3) is 0.200. The van der Waals surface area contributed by atoms with E-state index in [1.165, 1.54) is 6.07 Å². The molecule has 4 nitrogen and oxygen atoms in total. The number of hydrogen-bond donors (Lipinski definition) is 1. The number of benzene rings is 1. The molecule has 0 atom stereocenters. The lowest BCUT2D eigenvalue weighted by Gasteiger charge is -2.03. The summed E-state index contributed by atoms with van der Waals surface area (Å²) in [6.45, 7) is 5.27. The third-order valence-corrected chi connectivity index (χ3v) is 1.87. The van der Waals surface area contributed by atoms with Crippen LogP contribution in [0.1, 0.15) is 11.1 Å².